The van der Waals surface area contributed by atoms with Crippen LogP contribution in [0.5, 0.6) is 11.5 Å². The lowest BCUT2D eigenvalue weighted by molar-refractivity contribution is 0.441. The summed E-state index contributed by atoms with van der Waals surface area (Å²) in [5, 5.41) is 0. The molecule has 0 radical (unpaired) electrons. The van der Waals surface area contributed by atoms with Gasteiger partial charge in [0.1, 0.15) is 0 Å². The standard InChI is InChI=1S/C14H14FNO/c1-9-5-3-7-11(13(9)15)17-12-8-4-6-10(2)14(12)16/h3-8H,16H2,1-2H3. The molecule has 0 aromatic heterocycles. The van der Waals surface area contributed by atoms with Gasteiger partial charge in [0.15, 0.2) is 17.3 Å². The highest BCUT2D eigenvalue weighted by molar-refractivity contribution is 5.59. The molecule has 0 fully saturated rings. The van der Waals surface area contributed by atoms with Crippen LogP contribution in [0.25, 0.3) is 0 Å². The Morgan fingerprint density at radius 1 is 0.941 bits per heavy atom. The minimum absolute atomic E-state index is 0.197. The van der Waals surface area contributed by atoms with Crippen molar-refractivity contribution in [2.75, 3.05) is 5.73 Å². The zero-order valence-electron chi connectivity index (χ0n) is 9.83. The average molecular weight is 231 g/mol. The molecule has 2 rings (SSSR count). The zero-order valence-corrected chi connectivity index (χ0v) is 9.83. The summed E-state index contributed by atoms with van der Waals surface area (Å²) >= 11 is 0. The second kappa shape index (κ2) is 4.45. The Bertz CT molecular complexity index is 502. The van der Waals surface area contributed by atoms with Gasteiger partial charge in [0.25, 0.3) is 0 Å². The molecule has 2 nitrogen and oxygen atoms in total. The molecule has 0 unspecified atom stereocenters. The maximum absolute atomic E-state index is 13.8. The molecule has 0 saturated heterocycles. The second-order valence-corrected chi connectivity index (χ2v) is 3.98. The van der Waals surface area contributed by atoms with Gasteiger partial charge in [0.05, 0.1) is 5.69 Å². The smallest absolute Gasteiger partial charge is 0.168 e. The van der Waals surface area contributed by atoms with Crippen LogP contribution in [-0.2, 0) is 0 Å². The van der Waals surface area contributed by atoms with E-state index >= 15 is 0 Å². The van der Waals surface area contributed by atoms with Crippen LogP contribution >= 0.6 is 0 Å². The van der Waals surface area contributed by atoms with E-state index in [1.54, 1.807) is 31.2 Å². The lowest BCUT2D eigenvalue weighted by atomic mass is 10.2. The summed E-state index contributed by atoms with van der Waals surface area (Å²) in [4.78, 5) is 0. The van der Waals surface area contributed by atoms with Gasteiger partial charge in [-0.25, -0.2) is 4.39 Å². The van der Waals surface area contributed by atoms with Gasteiger partial charge in [0, 0.05) is 0 Å². The molecule has 0 saturated carbocycles. The van der Waals surface area contributed by atoms with E-state index in [9.17, 15) is 4.39 Å². The quantitative estimate of drug-likeness (QED) is 0.797. The van der Waals surface area contributed by atoms with Gasteiger partial charge < -0.3 is 10.5 Å². The number of hydrogen-bond donors (Lipinski definition) is 1. The number of ether oxygens (including phenoxy) is 1. The van der Waals surface area contributed by atoms with Gasteiger partial charge >= 0.3 is 0 Å². The molecule has 2 aromatic carbocycles. The number of aryl methyl sites for hydroxylation is 2. The normalized spacial score (nSPS) is 10.3. The van der Waals surface area contributed by atoms with Crippen molar-refractivity contribution >= 4 is 5.69 Å². The molecule has 88 valence electrons. The molecule has 0 amide bonds. The molecule has 0 spiro atoms. The van der Waals surface area contributed by atoms with E-state index in [0.29, 0.717) is 17.0 Å². The minimum Gasteiger partial charge on any atom is -0.452 e. The van der Waals surface area contributed by atoms with Crippen molar-refractivity contribution in [3.05, 3.63) is 53.3 Å². The van der Waals surface area contributed by atoms with Crippen LogP contribution < -0.4 is 10.5 Å². The number of hydrogen-bond acceptors (Lipinski definition) is 2. The number of rotatable bonds is 2. The van der Waals surface area contributed by atoms with Crippen LogP contribution in [0, 0.1) is 19.7 Å². The molecular weight excluding hydrogens is 217 g/mol. The first-order chi connectivity index (χ1) is 8.09. The molecule has 0 atom stereocenters. The second-order valence-electron chi connectivity index (χ2n) is 3.98. The van der Waals surface area contributed by atoms with E-state index in [1.165, 1.54) is 0 Å². The van der Waals surface area contributed by atoms with Crippen LogP contribution in [0.3, 0.4) is 0 Å². The van der Waals surface area contributed by atoms with Crippen molar-refractivity contribution < 1.29 is 9.13 Å². The summed E-state index contributed by atoms with van der Waals surface area (Å²) in [5.74, 6) is 0.324. The molecule has 2 aromatic rings. The summed E-state index contributed by atoms with van der Waals surface area (Å²) in [6, 6.07) is 10.5. The third-order valence-electron chi connectivity index (χ3n) is 2.66. The van der Waals surface area contributed by atoms with Crippen molar-refractivity contribution in [2.45, 2.75) is 13.8 Å². The van der Waals surface area contributed by atoms with Crippen LogP contribution in [0.2, 0.25) is 0 Å². The number of nitrogens with two attached hydrogens (primary N) is 1. The lowest BCUT2D eigenvalue weighted by Crippen LogP contribution is -1.96. The predicted octanol–water partition coefficient (Wildman–Crippen LogP) is 3.82. The van der Waals surface area contributed by atoms with Gasteiger partial charge in [-0.05, 0) is 37.1 Å². The van der Waals surface area contributed by atoms with Crippen molar-refractivity contribution in [1.29, 1.82) is 0 Å². The summed E-state index contributed by atoms with van der Waals surface area (Å²) in [6.07, 6.45) is 0. The third-order valence-corrected chi connectivity index (χ3v) is 2.66. The summed E-state index contributed by atoms with van der Waals surface area (Å²) in [6.45, 7) is 3.58. The monoisotopic (exact) mass is 231 g/mol. The Morgan fingerprint density at radius 2 is 1.53 bits per heavy atom. The largest absolute Gasteiger partial charge is 0.452 e. The van der Waals surface area contributed by atoms with Crippen LogP contribution in [0.1, 0.15) is 11.1 Å². The first-order valence-electron chi connectivity index (χ1n) is 5.37. The molecule has 0 heterocycles. The molecule has 17 heavy (non-hydrogen) atoms. The van der Waals surface area contributed by atoms with E-state index in [2.05, 4.69) is 0 Å². The van der Waals surface area contributed by atoms with Gasteiger partial charge in [-0.3, -0.25) is 0 Å². The minimum atomic E-state index is -0.353. The SMILES string of the molecule is Cc1cccc(Oc2cccc(C)c2F)c1N. The molecule has 0 aliphatic heterocycles. The van der Waals surface area contributed by atoms with Crippen LogP contribution in [-0.4, -0.2) is 0 Å². The van der Waals surface area contributed by atoms with E-state index in [1.807, 2.05) is 19.1 Å². The van der Waals surface area contributed by atoms with Gasteiger partial charge in [-0.1, -0.05) is 24.3 Å². The summed E-state index contributed by atoms with van der Waals surface area (Å²) in [5.41, 5.74) is 7.87. The van der Waals surface area contributed by atoms with Crippen molar-refractivity contribution in [2.24, 2.45) is 0 Å². The Kier molecular flexibility index (Phi) is 3.00. The number of anilines is 1. The van der Waals surface area contributed by atoms with E-state index in [-0.39, 0.29) is 11.6 Å². The fraction of sp³-hybridized carbons (Fsp3) is 0.143. The number of nitrogen functional groups attached to an aromatic ring is 1. The Labute approximate surface area is 99.8 Å². The van der Waals surface area contributed by atoms with Gasteiger partial charge in [-0.15, -0.1) is 0 Å². The highest BCUT2D eigenvalue weighted by atomic mass is 19.1. The highest BCUT2D eigenvalue weighted by Crippen LogP contribution is 2.31. The van der Waals surface area contributed by atoms with E-state index in [4.69, 9.17) is 10.5 Å². The fourth-order valence-electron chi connectivity index (χ4n) is 1.56. The molecule has 0 bridgehead atoms. The van der Waals surface area contributed by atoms with Crippen LogP contribution in [0.15, 0.2) is 36.4 Å². The Balaban J connectivity index is 2.38. The number of benzene rings is 2. The van der Waals surface area contributed by atoms with Gasteiger partial charge in [0.2, 0.25) is 0 Å². The van der Waals surface area contributed by atoms with Gasteiger partial charge in [-0.2, -0.15) is 0 Å². The Hall–Kier alpha value is -2.03. The number of para-hydroxylation sites is 1. The average Bonchev–Trinajstić information content (AvgIpc) is 2.31. The van der Waals surface area contributed by atoms with E-state index < -0.39 is 0 Å². The van der Waals surface area contributed by atoms with Crippen molar-refractivity contribution in [1.82, 2.24) is 0 Å². The first-order valence-corrected chi connectivity index (χ1v) is 5.37. The van der Waals surface area contributed by atoms with Crippen molar-refractivity contribution in [3.63, 3.8) is 0 Å². The predicted molar refractivity (Wildman–Crippen MR) is 66.8 cm³/mol. The molecule has 0 aliphatic rings. The first kappa shape index (κ1) is 11.5. The topological polar surface area (TPSA) is 35.2 Å². The zero-order chi connectivity index (χ0) is 12.4. The third kappa shape index (κ3) is 2.23. The Morgan fingerprint density at radius 3 is 2.24 bits per heavy atom. The fourth-order valence-corrected chi connectivity index (χ4v) is 1.56. The number of halogens is 1. The highest BCUT2D eigenvalue weighted by Gasteiger charge is 2.09. The molecule has 3 heteroatoms. The molecule has 2 N–H and O–H groups in total. The van der Waals surface area contributed by atoms with Crippen molar-refractivity contribution in [3.8, 4) is 11.5 Å². The maximum Gasteiger partial charge on any atom is 0.168 e. The lowest BCUT2D eigenvalue weighted by Gasteiger charge is -2.11. The van der Waals surface area contributed by atoms with E-state index in [0.717, 1.165) is 5.56 Å². The molecule has 0 aliphatic carbocycles. The van der Waals surface area contributed by atoms with Crippen LogP contribution in [0.4, 0.5) is 10.1 Å². The maximum atomic E-state index is 13.8. The molecular formula is C14H14FNO. The summed E-state index contributed by atoms with van der Waals surface area (Å²) < 4.78 is 19.3. The summed E-state index contributed by atoms with van der Waals surface area (Å²) in [7, 11) is 0.